The summed E-state index contributed by atoms with van der Waals surface area (Å²) in [7, 11) is -2.83. The lowest BCUT2D eigenvalue weighted by atomic mass is 9.97. The molecule has 160 valence electrons. The van der Waals surface area contributed by atoms with Crippen LogP contribution < -0.4 is 4.72 Å². The fourth-order valence-corrected chi connectivity index (χ4v) is 4.89. The van der Waals surface area contributed by atoms with Gasteiger partial charge in [0, 0.05) is 13.1 Å². The molecule has 2 rings (SSSR count). The molecule has 1 saturated heterocycles. The summed E-state index contributed by atoms with van der Waals surface area (Å²) in [5.41, 5.74) is 0. The molecule has 0 saturated carbocycles. The average molecular weight is 467 g/mol. The van der Waals surface area contributed by atoms with Crippen LogP contribution in [0.3, 0.4) is 0 Å². The van der Waals surface area contributed by atoms with Crippen molar-refractivity contribution in [3.05, 3.63) is 28.2 Å². The summed E-state index contributed by atoms with van der Waals surface area (Å²) in [5.74, 6) is -1.93. The molecule has 1 aliphatic rings. The zero-order chi connectivity index (χ0) is 21.6. The molecule has 1 N–H and O–H groups in total. The van der Waals surface area contributed by atoms with E-state index in [1.54, 1.807) is 0 Å². The number of ether oxygens (including phenoxy) is 2. The van der Waals surface area contributed by atoms with E-state index in [0.717, 1.165) is 0 Å². The maximum Gasteiger partial charge on any atom is 0.321 e. The van der Waals surface area contributed by atoms with Gasteiger partial charge in [0.25, 0.3) is 5.91 Å². The van der Waals surface area contributed by atoms with Crippen molar-refractivity contribution in [3.8, 4) is 0 Å². The summed E-state index contributed by atoms with van der Waals surface area (Å²) in [6.07, 6.45) is 0.926. The molecular weight excluding hydrogens is 447 g/mol. The van der Waals surface area contributed by atoms with Crippen LogP contribution in [-0.2, 0) is 33.9 Å². The first-order chi connectivity index (χ1) is 13.7. The van der Waals surface area contributed by atoms with Crippen LogP contribution in [0.25, 0.3) is 0 Å². The van der Waals surface area contributed by atoms with Gasteiger partial charge in [0.05, 0.1) is 23.1 Å². The van der Waals surface area contributed by atoms with Gasteiger partial charge >= 0.3 is 11.9 Å². The summed E-state index contributed by atoms with van der Waals surface area (Å²) in [5, 5.41) is -0.187. The number of nitrogens with zero attached hydrogens (tertiary/aromatic N) is 1. The molecule has 0 radical (unpaired) electrons. The number of carbonyl (C=O) groups is 3. The van der Waals surface area contributed by atoms with Crippen LogP contribution in [0.2, 0.25) is 10.0 Å². The number of carbonyl (C=O) groups excluding carboxylic acids is 3. The molecule has 1 fully saturated rings. The number of amides is 1. The Morgan fingerprint density at radius 2 is 1.76 bits per heavy atom. The van der Waals surface area contributed by atoms with Crippen molar-refractivity contribution >= 4 is 51.1 Å². The van der Waals surface area contributed by atoms with Gasteiger partial charge in [-0.2, -0.15) is 4.72 Å². The lowest BCUT2D eigenvalue weighted by Crippen LogP contribution is -2.42. The normalized spacial score (nSPS) is 15.1. The average Bonchev–Trinajstić information content (AvgIpc) is 2.69. The van der Waals surface area contributed by atoms with E-state index in [-0.39, 0.29) is 26.8 Å². The molecule has 12 heteroatoms. The Kier molecular flexibility index (Phi) is 8.26. The number of rotatable bonds is 7. The Hall–Kier alpha value is -1.88. The van der Waals surface area contributed by atoms with Crippen LogP contribution in [0.5, 0.6) is 0 Å². The molecule has 0 aromatic heterocycles. The summed E-state index contributed by atoms with van der Waals surface area (Å²) < 4.78 is 36.1. The van der Waals surface area contributed by atoms with Crippen LogP contribution in [0.15, 0.2) is 23.1 Å². The quantitative estimate of drug-likeness (QED) is 0.599. The monoisotopic (exact) mass is 466 g/mol. The first kappa shape index (κ1) is 23.4. The van der Waals surface area contributed by atoms with Crippen molar-refractivity contribution in [1.82, 2.24) is 9.62 Å². The molecule has 1 amide bonds. The minimum atomic E-state index is -4.15. The zero-order valence-corrected chi connectivity index (χ0v) is 17.8. The predicted molar refractivity (Wildman–Crippen MR) is 104 cm³/mol. The van der Waals surface area contributed by atoms with E-state index in [4.69, 9.17) is 27.9 Å². The van der Waals surface area contributed by atoms with Crippen molar-refractivity contribution in [2.75, 3.05) is 33.4 Å². The van der Waals surface area contributed by atoms with Gasteiger partial charge in [-0.15, -0.1) is 0 Å². The van der Waals surface area contributed by atoms with Gasteiger partial charge in [0.2, 0.25) is 10.0 Å². The van der Waals surface area contributed by atoms with Crippen molar-refractivity contribution in [2.45, 2.75) is 17.7 Å². The maximum absolute atomic E-state index is 12.3. The second kappa shape index (κ2) is 10.2. The molecule has 9 nitrogen and oxygen atoms in total. The first-order valence-corrected chi connectivity index (χ1v) is 10.8. The van der Waals surface area contributed by atoms with Gasteiger partial charge in [-0.05, 0) is 25.0 Å². The lowest BCUT2D eigenvalue weighted by molar-refractivity contribution is -0.153. The third-order valence-corrected chi connectivity index (χ3v) is 6.69. The lowest BCUT2D eigenvalue weighted by Gasteiger charge is -2.30. The Morgan fingerprint density at radius 1 is 1.17 bits per heavy atom. The number of halogens is 2. The predicted octanol–water partition coefficient (Wildman–Crippen LogP) is 1.23. The third kappa shape index (κ3) is 6.30. The fourth-order valence-electron chi connectivity index (χ4n) is 2.78. The second-order valence-electron chi connectivity index (χ2n) is 6.21. The Balaban J connectivity index is 1.80. The molecule has 0 unspecified atom stereocenters. The number of likely N-dealkylation sites (tertiary alicyclic amines) is 1. The van der Waals surface area contributed by atoms with E-state index >= 15 is 0 Å². The number of piperidine rings is 1. The summed E-state index contributed by atoms with van der Waals surface area (Å²) >= 11 is 11.7. The van der Waals surface area contributed by atoms with E-state index in [1.807, 2.05) is 4.72 Å². The van der Waals surface area contributed by atoms with E-state index in [9.17, 15) is 22.8 Å². The molecule has 1 aromatic carbocycles. The molecule has 1 heterocycles. The maximum atomic E-state index is 12.3. The van der Waals surface area contributed by atoms with E-state index in [2.05, 4.69) is 4.74 Å². The number of esters is 2. The van der Waals surface area contributed by atoms with Gasteiger partial charge < -0.3 is 14.4 Å². The number of benzene rings is 1. The molecule has 0 spiro atoms. The number of hydrogen-bond donors (Lipinski definition) is 1. The Labute approximate surface area is 178 Å². The molecule has 29 heavy (non-hydrogen) atoms. The number of methoxy groups -OCH3 is 1. The van der Waals surface area contributed by atoms with Crippen molar-refractivity contribution < 1.29 is 32.3 Å². The van der Waals surface area contributed by atoms with Crippen molar-refractivity contribution in [1.29, 1.82) is 0 Å². The van der Waals surface area contributed by atoms with Crippen molar-refractivity contribution in [3.63, 3.8) is 0 Å². The van der Waals surface area contributed by atoms with Crippen LogP contribution in [0.1, 0.15) is 12.8 Å². The molecular formula is C17H20Cl2N2O7S. The standard InChI is InChI=1S/C17H20Cl2N2O7S/c1-27-17(24)11-5-7-21(8-6-11)14(22)10-28-15(23)9-20-29(25,26)16-12(18)3-2-4-13(16)19/h2-4,11,20H,5-10H2,1H3. The van der Waals surface area contributed by atoms with E-state index in [1.165, 1.54) is 30.2 Å². The molecule has 0 aliphatic carbocycles. The van der Waals surface area contributed by atoms with Crippen LogP contribution in [-0.4, -0.2) is 64.5 Å². The Morgan fingerprint density at radius 3 is 2.31 bits per heavy atom. The highest BCUT2D eigenvalue weighted by molar-refractivity contribution is 7.89. The zero-order valence-electron chi connectivity index (χ0n) is 15.5. The van der Waals surface area contributed by atoms with Crippen LogP contribution in [0.4, 0.5) is 0 Å². The third-order valence-electron chi connectivity index (χ3n) is 4.33. The van der Waals surface area contributed by atoms with Gasteiger partial charge in [-0.25, -0.2) is 8.42 Å². The highest BCUT2D eigenvalue weighted by Crippen LogP contribution is 2.28. The minimum absolute atomic E-state index is 0.0936. The van der Waals surface area contributed by atoms with E-state index in [0.29, 0.717) is 25.9 Å². The highest BCUT2D eigenvalue weighted by Gasteiger charge is 2.28. The van der Waals surface area contributed by atoms with Gasteiger partial charge in [0.1, 0.15) is 11.4 Å². The first-order valence-electron chi connectivity index (χ1n) is 8.60. The molecule has 1 aromatic rings. The number of sulfonamides is 1. The molecule has 0 bridgehead atoms. The van der Waals surface area contributed by atoms with E-state index < -0.39 is 35.1 Å². The van der Waals surface area contributed by atoms with Crippen LogP contribution in [0, 0.1) is 5.92 Å². The minimum Gasteiger partial charge on any atom is -0.469 e. The summed E-state index contributed by atoms with van der Waals surface area (Å²) in [4.78, 5) is 36.5. The molecule has 1 aliphatic heterocycles. The summed E-state index contributed by atoms with van der Waals surface area (Å²) in [6, 6.07) is 4.18. The topological polar surface area (TPSA) is 119 Å². The summed E-state index contributed by atoms with van der Waals surface area (Å²) in [6.45, 7) is -0.542. The SMILES string of the molecule is COC(=O)C1CCN(C(=O)COC(=O)CNS(=O)(=O)c2c(Cl)cccc2Cl)CC1. The highest BCUT2D eigenvalue weighted by atomic mass is 35.5. The number of nitrogens with one attached hydrogen (secondary N) is 1. The van der Waals surface area contributed by atoms with Gasteiger partial charge in [-0.1, -0.05) is 29.3 Å². The smallest absolute Gasteiger partial charge is 0.321 e. The molecule has 0 atom stereocenters. The number of hydrogen-bond acceptors (Lipinski definition) is 7. The second-order valence-corrected chi connectivity index (χ2v) is 8.73. The fraction of sp³-hybridized carbons (Fsp3) is 0.471. The largest absolute Gasteiger partial charge is 0.469 e. The Bertz CT molecular complexity index is 864. The van der Waals surface area contributed by atoms with Gasteiger partial charge in [-0.3, -0.25) is 14.4 Å². The van der Waals surface area contributed by atoms with Gasteiger partial charge in [0.15, 0.2) is 6.61 Å². The van der Waals surface area contributed by atoms with Crippen molar-refractivity contribution in [2.24, 2.45) is 5.92 Å². The van der Waals surface area contributed by atoms with Crippen LogP contribution >= 0.6 is 23.2 Å².